The molecule has 0 amide bonds. The van der Waals surface area contributed by atoms with Crippen LogP contribution < -0.4 is 14.4 Å². The zero-order chi connectivity index (χ0) is 32.6. The van der Waals surface area contributed by atoms with Gasteiger partial charge in [-0.3, -0.25) is 0 Å². The quantitative estimate of drug-likeness (QED) is 0.183. The van der Waals surface area contributed by atoms with Crippen LogP contribution in [0.1, 0.15) is 0 Å². The highest BCUT2D eigenvalue weighted by molar-refractivity contribution is 5.95. The number of para-hydroxylation sites is 1. The fraction of sp³-hybridized carbons (Fsp3) is 0. The first-order valence-electron chi connectivity index (χ1n) is 16.5. The minimum Gasteiger partial charge on any atom is -0.453 e. The molecule has 8 aromatic carbocycles. The summed E-state index contributed by atoms with van der Waals surface area (Å²) >= 11 is 0. The Morgan fingerprint density at radius 3 is 1.27 bits per heavy atom. The summed E-state index contributed by atoms with van der Waals surface area (Å²) in [5.41, 5.74) is 10.3. The summed E-state index contributed by atoms with van der Waals surface area (Å²) in [7, 11) is 0. The monoisotopic (exact) mass is 629 g/mol. The van der Waals surface area contributed by atoms with E-state index in [9.17, 15) is 0 Å². The van der Waals surface area contributed by atoms with Gasteiger partial charge >= 0.3 is 0 Å². The topological polar surface area (TPSA) is 21.7 Å². The fourth-order valence-electron chi connectivity index (χ4n) is 6.65. The van der Waals surface area contributed by atoms with E-state index in [0.717, 1.165) is 44.9 Å². The average Bonchev–Trinajstić information content (AvgIpc) is 3.33. The summed E-state index contributed by atoms with van der Waals surface area (Å²) in [6, 6.07) is 65.6. The highest BCUT2D eigenvalue weighted by atomic mass is 16.5. The molecular formula is C46H31NO2. The second-order valence-corrected chi connectivity index (χ2v) is 12.2. The van der Waals surface area contributed by atoms with Crippen molar-refractivity contribution < 1.29 is 9.47 Å². The molecule has 1 aliphatic rings. The highest BCUT2D eigenvalue weighted by Crippen LogP contribution is 2.48. The van der Waals surface area contributed by atoms with Gasteiger partial charge in [0.15, 0.2) is 11.5 Å². The molecule has 0 radical (unpaired) electrons. The van der Waals surface area contributed by atoms with Crippen LogP contribution in [0, 0.1) is 0 Å². The van der Waals surface area contributed by atoms with Gasteiger partial charge in [0.2, 0.25) is 0 Å². The van der Waals surface area contributed by atoms with Gasteiger partial charge in [0.1, 0.15) is 11.5 Å². The molecule has 0 unspecified atom stereocenters. The van der Waals surface area contributed by atoms with Crippen molar-refractivity contribution in [1.82, 2.24) is 0 Å². The number of benzene rings is 8. The Labute approximate surface area is 285 Å². The van der Waals surface area contributed by atoms with Gasteiger partial charge in [0.25, 0.3) is 0 Å². The molecule has 1 heterocycles. The summed E-state index contributed by atoms with van der Waals surface area (Å²) in [5.74, 6) is 2.94. The Morgan fingerprint density at radius 2 is 0.714 bits per heavy atom. The summed E-state index contributed by atoms with van der Waals surface area (Å²) in [4.78, 5) is 2.24. The zero-order valence-corrected chi connectivity index (χ0v) is 26.7. The van der Waals surface area contributed by atoms with Crippen molar-refractivity contribution in [2.75, 3.05) is 4.90 Å². The van der Waals surface area contributed by atoms with Crippen molar-refractivity contribution in [1.29, 1.82) is 0 Å². The van der Waals surface area contributed by atoms with Crippen molar-refractivity contribution in [2.24, 2.45) is 0 Å². The molecule has 0 atom stereocenters. The Kier molecular flexibility index (Phi) is 7.14. The molecule has 0 saturated carbocycles. The molecule has 49 heavy (non-hydrogen) atoms. The smallest absolute Gasteiger partial charge is 0.172 e. The van der Waals surface area contributed by atoms with Crippen LogP contribution in [-0.2, 0) is 0 Å². The molecule has 0 aromatic heterocycles. The van der Waals surface area contributed by atoms with Crippen LogP contribution in [-0.4, -0.2) is 0 Å². The first kappa shape index (κ1) is 28.6. The maximum absolute atomic E-state index is 6.53. The van der Waals surface area contributed by atoms with E-state index < -0.39 is 0 Å². The second-order valence-electron chi connectivity index (χ2n) is 12.2. The Hall–Kier alpha value is -6.58. The van der Waals surface area contributed by atoms with Gasteiger partial charge in [-0.05, 0) is 87.3 Å². The van der Waals surface area contributed by atoms with Crippen molar-refractivity contribution in [2.45, 2.75) is 0 Å². The third kappa shape index (κ3) is 5.48. The Morgan fingerprint density at radius 1 is 0.286 bits per heavy atom. The number of hydrogen-bond acceptors (Lipinski definition) is 3. The maximum atomic E-state index is 6.53. The third-order valence-electron chi connectivity index (χ3n) is 9.14. The van der Waals surface area contributed by atoms with Crippen molar-refractivity contribution in [3.05, 3.63) is 188 Å². The van der Waals surface area contributed by atoms with Gasteiger partial charge < -0.3 is 14.4 Å². The van der Waals surface area contributed by atoms with Gasteiger partial charge in [-0.25, -0.2) is 0 Å². The molecule has 0 spiro atoms. The Balaban J connectivity index is 1.01. The van der Waals surface area contributed by atoms with E-state index in [1.165, 1.54) is 27.8 Å². The number of ether oxygens (including phenoxy) is 2. The minimum atomic E-state index is 0.675. The van der Waals surface area contributed by atoms with Crippen LogP contribution in [0.15, 0.2) is 188 Å². The molecule has 232 valence electrons. The number of nitrogens with zero attached hydrogens (tertiary/aromatic N) is 1. The van der Waals surface area contributed by atoms with Crippen LogP contribution in [0.5, 0.6) is 23.0 Å². The van der Waals surface area contributed by atoms with Gasteiger partial charge in [-0.2, -0.15) is 0 Å². The average molecular weight is 630 g/mol. The summed E-state index contributed by atoms with van der Waals surface area (Å²) in [5, 5.41) is 2.06. The van der Waals surface area contributed by atoms with Crippen LogP contribution in [0.25, 0.3) is 44.2 Å². The van der Waals surface area contributed by atoms with Gasteiger partial charge in [-0.15, -0.1) is 0 Å². The molecule has 0 N–H and O–H groups in total. The molecule has 0 saturated heterocycles. The summed E-state index contributed by atoms with van der Waals surface area (Å²) in [6.45, 7) is 0. The molecule has 3 heteroatoms. The molecule has 3 nitrogen and oxygen atoms in total. The fourth-order valence-corrected chi connectivity index (χ4v) is 6.65. The number of rotatable bonds is 6. The van der Waals surface area contributed by atoms with Gasteiger partial charge in [0.05, 0.1) is 11.1 Å². The van der Waals surface area contributed by atoms with Crippen molar-refractivity contribution >= 4 is 27.8 Å². The van der Waals surface area contributed by atoms with E-state index in [4.69, 9.17) is 9.47 Å². The van der Waals surface area contributed by atoms with E-state index in [2.05, 4.69) is 150 Å². The molecular weight excluding hydrogens is 599 g/mol. The largest absolute Gasteiger partial charge is 0.453 e. The summed E-state index contributed by atoms with van der Waals surface area (Å²) < 4.78 is 12.9. The normalized spacial score (nSPS) is 11.6. The lowest BCUT2D eigenvalue weighted by atomic mass is 9.98. The predicted molar refractivity (Wildman–Crippen MR) is 202 cm³/mol. The SMILES string of the molecule is c1ccc(-c2ccc(-c3ccc(-c4ccc(N(c5ccccc5)c5ccc6c(c5)Oc5cccc7cccc(c57)O6)cc4)cc3)cc2)cc1. The van der Waals surface area contributed by atoms with Crippen LogP contribution in [0.4, 0.5) is 17.1 Å². The summed E-state index contributed by atoms with van der Waals surface area (Å²) in [6.07, 6.45) is 0. The number of fused-ring (bicyclic) bond motifs is 1. The lowest BCUT2D eigenvalue weighted by Gasteiger charge is -2.26. The number of hydrogen-bond donors (Lipinski definition) is 0. The first-order chi connectivity index (χ1) is 24.3. The Bertz CT molecular complexity index is 2400. The standard InChI is InChI=1S/C46H31NO2/c1-3-9-32(10-4-1)33-17-19-34(20-18-33)35-21-23-36(24-22-35)37-25-27-40(28-26-37)47(39-13-5-2-6-14-39)41-29-30-42-45(31-41)49-44-16-8-12-38-11-7-15-43(48-42)46(38)44/h1-31H. The van der Waals surface area contributed by atoms with E-state index in [1.807, 2.05) is 42.5 Å². The van der Waals surface area contributed by atoms with Gasteiger partial charge in [-0.1, -0.05) is 133 Å². The van der Waals surface area contributed by atoms with Crippen LogP contribution in [0.3, 0.4) is 0 Å². The highest BCUT2D eigenvalue weighted by Gasteiger charge is 2.21. The van der Waals surface area contributed by atoms with E-state index in [0.29, 0.717) is 11.5 Å². The minimum absolute atomic E-state index is 0.675. The first-order valence-corrected chi connectivity index (χ1v) is 16.5. The lowest BCUT2D eigenvalue weighted by molar-refractivity contribution is 0.439. The zero-order valence-electron chi connectivity index (χ0n) is 26.7. The van der Waals surface area contributed by atoms with Crippen LogP contribution in [0.2, 0.25) is 0 Å². The van der Waals surface area contributed by atoms with E-state index >= 15 is 0 Å². The molecule has 0 aliphatic carbocycles. The second kappa shape index (κ2) is 12.2. The van der Waals surface area contributed by atoms with Crippen molar-refractivity contribution in [3.63, 3.8) is 0 Å². The van der Waals surface area contributed by atoms with E-state index in [1.54, 1.807) is 0 Å². The van der Waals surface area contributed by atoms with Crippen molar-refractivity contribution in [3.8, 4) is 56.4 Å². The molecule has 1 aliphatic heterocycles. The lowest BCUT2D eigenvalue weighted by Crippen LogP contribution is -2.10. The van der Waals surface area contributed by atoms with E-state index in [-0.39, 0.29) is 0 Å². The maximum Gasteiger partial charge on any atom is 0.172 e. The van der Waals surface area contributed by atoms with Gasteiger partial charge in [0, 0.05) is 17.4 Å². The molecule has 0 fully saturated rings. The van der Waals surface area contributed by atoms with Crippen LogP contribution >= 0.6 is 0 Å². The number of anilines is 3. The molecule has 8 aromatic rings. The predicted octanol–water partition coefficient (Wildman–Crippen LogP) is 13.2. The molecule has 9 rings (SSSR count). The third-order valence-corrected chi connectivity index (χ3v) is 9.14. The molecule has 0 bridgehead atoms.